The Hall–Kier alpha value is -3.74. The van der Waals surface area contributed by atoms with Gasteiger partial charge in [0.1, 0.15) is 11.3 Å². The highest BCUT2D eigenvalue weighted by Crippen LogP contribution is 2.31. The maximum Gasteiger partial charge on any atom is 0.247 e. The summed E-state index contributed by atoms with van der Waals surface area (Å²) < 4.78 is 6.00. The van der Waals surface area contributed by atoms with Crippen LogP contribution in [0.5, 0.6) is 11.6 Å². The summed E-state index contributed by atoms with van der Waals surface area (Å²) in [4.78, 5) is 27.1. The lowest BCUT2D eigenvalue weighted by atomic mass is 10.2. The number of hydrogen-bond donors (Lipinski definition) is 2. The van der Waals surface area contributed by atoms with Crippen LogP contribution in [0.2, 0.25) is 0 Å². The van der Waals surface area contributed by atoms with Crippen LogP contribution in [0.25, 0.3) is 22.4 Å². The Balaban J connectivity index is 1.78. The molecule has 128 valence electrons. The molecule has 0 aliphatic carbocycles. The molecule has 0 aliphatic rings. The molecule has 1 aromatic carbocycles. The van der Waals surface area contributed by atoms with Crippen LogP contribution in [0, 0.1) is 6.92 Å². The summed E-state index contributed by atoms with van der Waals surface area (Å²) in [6.07, 6.45) is 5.83. The maximum atomic E-state index is 10.8. The number of carbonyl (C=O) groups excluding carboxylic acids is 1. The molecule has 7 nitrogen and oxygen atoms in total. The smallest absolute Gasteiger partial charge is 0.247 e. The van der Waals surface area contributed by atoms with Crippen LogP contribution in [0.1, 0.15) is 5.56 Å². The van der Waals surface area contributed by atoms with Gasteiger partial charge in [-0.2, -0.15) is 4.98 Å². The van der Waals surface area contributed by atoms with Gasteiger partial charge in [-0.1, -0.05) is 6.07 Å². The Morgan fingerprint density at radius 1 is 1.19 bits per heavy atom. The molecule has 0 atom stereocenters. The van der Waals surface area contributed by atoms with Crippen molar-refractivity contribution in [1.82, 2.24) is 19.9 Å². The number of aromatic nitrogens is 4. The fraction of sp³-hybridized carbons (Fsp3) is 0.0526. The zero-order valence-electron chi connectivity index (χ0n) is 13.9. The third-order valence-electron chi connectivity index (χ3n) is 3.93. The fourth-order valence-corrected chi connectivity index (χ4v) is 2.61. The lowest BCUT2D eigenvalue weighted by Crippen LogP contribution is -1.98. The average molecular weight is 345 g/mol. The molecule has 1 amide bonds. The molecule has 2 N–H and O–H groups in total. The number of benzene rings is 1. The summed E-state index contributed by atoms with van der Waals surface area (Å²) in [7, 11) is 0. The molecule has 4 aromatic rings. The van der Waals surface area contributed by atoms with Crippen LogP contribution in [0.3, 0.4) is 0 Å². The summed E-state index contributed by atoms with van der Waals surface area (Å²) in [6.45, 7) is 1.91. The predicted octanol–water partition coefficient (Wildman–Crippen LogP) is 3.69. The quantitative estimate of drug-likeness (QED) is 0.538. The fourth-order valence-electron chi connectivity index (χ4n) is 2.61. The first kappa shape index (κ1) is 15.8. The van der Waals surface area contributed by atoms with Gasteiger partial charge >= 0.3 is 0 Å². The van der Waals surface area contributed by atoms with Crippen molar-refractivity contribution in [2.75, 3.05) is 5.32 Å². The van der Waals surface area contributed by atoms with E-state index in [1.54, 1.807) is 24.7 Å². The molecule has 0 saturated carbocycles. The number of aryl methyl sites for hydroxylation is 1. The monoisotopic (exact) mass is 345 g/mol. The second-order valence-electron chi connectivity index (χ2n) is 5.67. The molecule has 0 bridgehead atoms. The average Bonchev–Trinajstić information content (AvgIpc) is 3.14. The third kappa shape index (κ3) is 2.98. The molecule has 0 aliphatic heterocycles. The normalized spacial score (nSPS) is 10.7. The number of anilines is 1. The number of H-pyrrole nitrogens is 1. The molecule has 3 heterocycles. The van der Waals surface area contributed by atoms with Gasteiger partial charge in [0.25, 0.3) is 0 Å². The molecule has 3 aromatic heterocycles. The van der Waals surface area contributed by atoms with Crippen LogP contribution in [0.15, 0.2) is 55.0 Å². The van der Waals surface area contributed by atoms with E-state index in [4.69, 9.17) is 4.74 Å². The number of amides is 1. The number of aromatic amines is 1. The molecule has 0 spiro atoms. The van der Waals surface area contributed by atoms with Gasteiger partial charge < -0.3 is 15.0 Å². The van der Waals surface area contributed by atoms with Crippen molar-refractivity contribution < 1.29 is 9.53 Å². The van der Waals surface area contributed by atoms with Crippen molar-refractivity contribution in [3.05, 3.63) is 60.6 Å². The van der Waals surface area contributed by atoms with Crippen molar-refractivity contribution in [3.63, 3.8) is 0 Å². The Kier molecular flexibility index (Phi) is 4.03. The minimum Gasteiger partial charge on any atom is -0.437 e. The van der Waals surface area contributed by atoms with E-state index in [1.807, 2.05) is 37.3 Å². The van der Waals surface area contributed by atoms with Crippen molar-refractivity contribution in [2.45, 2.75) is 6.92 Å². The lowest BCUT2D eigenvalue weighted by Gasteiger charge is -2.10. The minimum absolute atomic E-state index is 0.403. The minimum atomic E-state index is 0.403. The molecular weight excluding hydrogens is 330 g/mol. The summed E-state index contributed by atoms with van der Waals surface area (Å²) in [6, 6.07) is 11.0. The summed E-state index contributed by atoms with van der Waals surface area (Å²) >= 11 is 0. The molecule has 26 heavy (non-hydrogen) atoms. The summed E-state index contributed by atoms with van der Waals surface area (Å²) in [5.74, 6) is 1.49. The Bertz CT molecular complexity index is 1080. The van der Waals surface area contributed by atoms with Crippen molar-refractivity contribution in [1.29, 1.82) is 0 Å². The van der Waals surface area contributed by atoms with Crippen molar-refractivity contribution in [2.24, 2.45) is 0 Å². The van der Waals surface area contributed by atoms with E-state index in [2.05, 4.69) is 25.3 Å². The van der Waals surface area contributed by atoms with E-state index in [0.717, 1.165) is 16.6 Å². The number of pyridine rings is 1. The van der Waals surface area contributed by atoms with Gasteiger partial charge in [-0.3, -0.25) is 9.78 Å². The van der Waals surface area contributed by atoms with Gasteiger partial charge in [0.2, 0.25) is 12.3 Å². The number of hydrogen-bond acceptors (Lipinski definition) is 5. The Labute approximate surface area is 149 Å². The lowest BCUT2D eigenvalue weighted by molar-refractivity contribution is -0.105. The molecule has 0 radical (unpaired) electrons. The molecule has 0 unspecified atom stereocenters. The number of fused-ring (bicyclic) bond motifs is 1. The molecule has 0 fully saturated rings. The van der Waals surface area contributed by atoms with Crippen LogP contribution >= 0.6 is 0 Å². The zero-order chi connectivity index (χ0) is 17.9. The van der Waals surface area contributed by atoms with Crippen LogP contribution in [0.4, 0.5) is 5.69 Å². The van der Waals surface area contributed by atoms with Crippen LogP contribution < -0.4 is 10.1 Å². The standard InChI is InChI=1S/C19H15N5O2/c1-12-4-5-14(9-16(12)22-11-25)26-19-17-15(6-8-21-17)23-18(24-19)13-3-2-7-20-10-13/h2-11,21H,1H3,(H,22,25). The van der Waals surface area contributed by atoms with Crippen molar-refractivity contribution in [3.8, 4) is 23.0 Å². The number of carbonyl (C=O) groups is 1. The maximum absolute atomic E-state index is 10.8. The first-order valence-corrected chi connectivity index (χ1v) is 7.99. The molecular formula is C19H15N5O2. The first-order chi connectivity index (χ1) is 12.7. The topological polar surface area (TPSA) is 92.8 Å². The van der Waals surface area contributed by atoms with E-state index in [1.165, 1.54) is 0 Å². The Morgan fingerprint density at radius 2 is 2.12 bits per heavy atom. The van der Waals surface area contributed by atoms with Gasteiger partial charge in [0.15, 0.2) is 5.82 Å². The Morgan fingerprint density at radius 3 is 2.92 bits per heavy atom. The van der Waals surface area contributed by atoms with Crippen molar-refractivity contribution >= 4 is 23.1 Å². The first-order valence-electron chi connectivity index (χ1n) is 7.99. The highest BCUT2D eigenvalue weighted by molar-refractivity contribution is 5.82. The van der Waals surface area contributed by atoms with Gasteiger partial charge in [-0.25, -0.2) is 4.98 Å². The van der Waals surface area contributed by atoms with Gasteiger partial charge in [-0.05, 0) is 36.8 Å². The van der Waals surface area contributed by atoms with Crippen LogP contribution in [-0.2, 0) is 4.79 Å². The predicted molar refractivity (Wildman–Crippen MR) is 98.1 cm³/mol. The number of rotatable bonds is 5. The van der Waals surface area contributed by atoms with Gasteiger partial charge in [0, 0.05) is 35.9 Å². The second kappa shape index (κ2) is 6.64. The van der Waals surface area contributed by atoms with E-state index < -0.39 is 0 Å². The molecule has 0 saturated heterocycles. The SMILES string of the molecule is Cc1ccc(Oc2nc(-c3cccnc3)nc3cc[nH]c23)cc1NC=O. The third-order valence-corrected chi connectivity index (χ3v) is 3.93. The highest BCUT2D eigenvalue weighted by Gasteiger charge is 2.13. The largest absolute Gasteiger partial charge is 0.437 e. The summed E-state index contributed by atoms with van der Waals surface area (Å²) in [5, 5.41) is 2.66. The van der Waals surface area contributed by atoms with E-state index >= 15 is 0 Å². The van der Waals surface area contributed by atoms with Gasteiger partial charge in [0.05, 0.1) is 5.52 Å². The zero-order valence-corrected chi connectivity index (χ0v) is 13.9. The van der Waals surface area contributed by atoms with E-state index in [9.17, 15) is 4.79 Å². The number of nitrogens with zero attached hydrogens (tertiary/aromatic N) is 3. The second-order valence-corrected chi connectivity index (χ2v) is 5.67. The molecule has 7 heteroatoms. The van der Waals surface area contributed by atoms with E-state index in [-0.39, 0.29) is 0 Å². The molecule has 4 rings (SSSR count). The summed E-state index contributed by atoms with van der Waals surface area (Å²) in [5.41, 5.74) is 3.86. The van der Waals surface area contributed by atoms with E-state index in [0.29, 0.717) is 35.1 Å². The number of ether oxygens (including phenoxy) is 1. The van der Waals surface area contributed by atoms with Crippen LogP contribution in [-0.4, -0.2) is 26.3 Å². The highest BCUT2D eigenvalue weighted by atomic mass is 16.5. The van der Waals surface area contributed by atoms with Gasteiger partial charge in [-0.15, -0.1) is 0 Å². The number of nitrogens with one attached hydrogen (secondary N) is 2.